The van der Waals surface area contributed by atoms with Gasteiger partial charge in [-0.05, 0) is 28.8 Å². The lowest BCUT2D eigenvalue weighted by atomic mass is 10.1. The lowest BCUT2D eigenvalue weighted by Crippen LogP contribution is -2.20. The molecule has 1 unspecified atom stereocenters. The van der Waals surface area contributed by atoms with Gasteiger partial charge < -0.3 is 4.74 Å². The van der Waals surface area contributed by atoms with Gasteiger partial charge in [0.1, 0.15) is 0 Å². The molecule has 84 valence electrons. The van der Waals surface area contributed by atoms with Gasteiger partial charge in [0.05, 0.1) is 16.8 Å². The number of nitrogens with one attached hydrogen (secondary N) is 1. The van der Waals surface area contributed by atoms with Crippen LogP contribution in [0.3, 0.4) is 0 Å². The fraction of sp³-hybridized carbons (Fsp3) is 0.556. The van der Waals surface area contributed by atoms with Crippen molar-refractivity contribution in [3.63, 3.8) is 0 Å². The molecule has 6 heteroatoms. The highest BCUT2D eigenvalue weighted by Crippen LogP contribution is 2.24. The maximum Gasteiger partial charge on any atom is 0.240 e. The van der Waals surface area contributed by atoms with E-state index in [1.54, 1.807) is 6.20 Å². The summed E-state index contributed by atoms with van der Waals surface area (Å²) in [6.45, 7) is 6.17. The molecule has 5 nitrogen and oxygen atoms in total. The normalized spacial score (nSPS) is 12.7. The van der Waals surface area contributed by atoms with Gasteiger partial charge in [-0.25, -0.2) is 10.8 Å². The first kappa shape index (κ1) is 12.2. The van der Waals surface area contributed by atoms with Crippen LogP contribution >= 0.6 is 15.9 Å². The van der Waals surface area contributed by atoms with Crippen molar-refractivity contribution in [3.05, 3.63) is 10.7 Å². The number of hydrogen-bond acceptors (Lipinski definition) is 5. The summed E-state index contributed by atoms with van der Waals surface area (Å²) in [5.74, 6) is 6.47. The minimum Gasteiger partial charge on any atom is -0.473 e. The van der Waals surface area contributed by atoms with E-state index in [-0.39, 0.29) is 6.10 Å². The maximum atomic E-state index is 5.66. The van der Waals surface area contributed by atoms with Gasteiger partial charge >= 0.3 is 0 Å². The van der Waals surface area contributed by atoms with Crippen LogP contribution in [0.4, 0.5) is 5.95 Å². The molecule has 0 amide bonds. The number of ether oxygens (including phenoxy) is 1. The summed E-state index contributed by atoms with van der Waals surface area (Å²) in [5, 5.41) is 0. The second kappa shape index (κ2) is 5.27. The summed E-state index contributed by atoms with van der Waals surface area (Å²) < 4.78 is 6.37. The van der Waals surface area contributed by atoms with Crippen molar-refractivity contribution in [2.45, 2.75) is 26.9 Å². The molecule has 1 heterocycles. The number of nitrogens with two attached hydrogens (primary N) is 1. The quantitative estimate of drug-likeness (QED) is 0.649. The molecule has 0 bridgehead atoms. The number of nitrogen functional groups attached to an aromatic ring is 1. The molecule has 0 aliphatic rings. The summed E-state index contributed by atoms with van der Waals surface area (Å²) in [5.41, 5.74) is 2.37. The average Bonchev–Trinajstić information content (AvgIpc) is 2.21. The number of anilines is 1. The SMILES string of the molecule is CC(C)C(C)Oc1nc(NN)ncc1Br. The Morgan fingerprint density at radius 2 is 2.13 bits per heavy atom. The van der Waals surface area contributed by atoms with Crippen molar-refractivity contribution in [2.75, 3.05) is 5.43 Å². The van der Waals surface area contributed by atoms with Crippen LogP contribution in [0, 0.1) is 5.92 Å². The molecule has 0 aliphatic heterocycles. The van der Waals surface area contributed by atoms with E-state index in [2.05, 4.69) is 45.2 Å². The van der Waals surface area contributed by atoms with E-state index >= 15 is 0 Å². The number of aromatic nitrogens is 2. The predicted octanol–water partition coefficient (Wildman–Crippen LogP) is 1.95. The predicted molar refractivity (Wildman–Crippen MR) is 62.5 cm³/mol. The Bertz CT molecular complexity index is 332. The van der Waals surface area contributed by atoms with Crippen LogP contribution in [-0.2, 0) is 0 Å². The van der Waals surface area contributed by atoms with E-state index < -0.39 is 0 Å². The molecule has 15 heavy (non-hydrogen) atoms. The second-order valence-corrected chi connectivity index (χ2v) is 4.41. The van der Waals surface area contributed by atoms with E-state index in [0.29, 0.717) is 22.2 Å². The highest BCUT2D eigenvalue weighted by molar-refractivity contribution is 9.10. The number of halogens is 1. The molecule has 0 fully saturated rings. The molecule has 0 spiro atoms. The van der Waals surface area contributed by atoms with Crippen molar-refractivity contribution >= 4 is 21.9 Å². The molecular weight excluding hydrogens is 260 g/mol. The Kier molecular flexibility index (Phi) is 4.28. The molecule has 1 aromatic heterocycles. The maximum absolute atomic E-state index is 5.66. The van der Waals surface area contributed by atoms with E-state index in [1.165, 1.54) is 0 Å². The van der Waals surface area contributed by atoms with Crippen molar-refractivity contribution in [3.8, 4) is 5.88 Å². The first-order valence-corrected chi connectivity index (χ1v) is 5.49. The van der Waals surface area contributed by atoms with Gasteiger partial charge in [0, 0.05) is 0 Å². The van der Waals surface area contributed by atoms with Crippen LogP contribution in [0.1, 0.15) is 20.8 Å². The first-order chi connectivity index (χ1) is 7.04. The second-order valence-electron chi connectivity index (χ2n) is 3.56. The first-order valence-electron chi connectivity index (χ1n) is 4.70. The third-order valence-corrected chi connectivity index (χ3v) is 2.62. The average molecular weight is 275 g/mol. The van der Waals surface area contributed by atoms with Crippen LogP contribution in [-0.4, -0.2) is 16.1 Å². The number of hydrogen-bond donors (Lipinski definition) is 2. The highest BCUT2D eigenvalue weighted by atomic mass is 79.9. The van der Waals surface area contributed by atoms with Crippen LogP contribution in [0.25, 0.3) is 0 Å². The number of nitrogens with zero attached hydrogens (tertiary/aromatic N) is 2. The highest BCUT2D eigenvalue weighted by Gasteiger charge is 2.13. The molecule has 0 aliphatic carbocycles. The Morgan fingerprint density at radius 3 is 2.67 bits per heavy atom. The van der Waals surface area contributed by atoms with Crippen LogP contribution in [0.15, 0.2) is 10.7 Å². The summed E-state index contributed by atoms with van der Waals surface area (Å²) in [6, 6.07) is 0. The Balaban J connectivity index is 2.83. The largest absolute Gasteiger partial charge is 0.473 e. The minimum atomic E-state index is 0.0850. The third-order valence-electron chi connectivity index (χ3n) is 2.08. The lowest BCUT2D eigenvalue weighted by Gasteiger charge is -2.18. The van der Waals surface area contributed by atoms with E-state index in [0.717, 1.165) is 0 Å². The van der Waals surface area contributed by atoms with Gasteiger partial charge in [0.2, 0.25) is 11.8 Å². The van der Waals surface area contributed by atoms with Gasteiger partial charge in [-0.1, -0.05) is 13.8 Å². The smallest absolute Gasteiger partial charge is 0.240 e. The molecule has 3 N–H and O–H groups in total. The number of hydrazine groups is 1. The molecule has 1 aromatic rings. The zero-order valence-electron chi connectivity index (χ0n) is 8.99. The standard InChI is InChI=1S/C9H15BrN4O/c1-5(2)6(3)15-8-7(10)4-12-9(13-8)14-11/h4-6H,11H2,1-3H3,(H,12,13,14). The monoisotopic (exact) mass is 274 g/mol. The summed E-state index contributed by atoms with van der Waals surface area (Å²) in [7, 11) is 0. The van der Waals surface area contributed by atoms with E-state index in [9.17, 15) is 0 Å². The molecular formula is C9H15BrN4O. The van der Waals surface area contributed by atoms with Gasteiger partial charge in [-0.15, -0.1) is 0 Å². The van der Waals surface area contributed by atoms with Crippen LogP contribution in [0.2, 0.25) is 0 Å². The van der Waals surface area contributed by atoms with Crippen LogP contribution in [0.5, 0.6) is 5.88 Å². The summed E-state index contributed by atoms with van der Waals surface area (Å²) >= 11 is 3.32. The Morgan fingerprint density at radius 1 is 1.47 bits per heavy atom. The Hall–Kier alpha value is -0.880. The van der Waals surface area contributed by atoms with Gasteiger partial charge in [0.15, 0.2) is 0 Å². The fourth-order valence-corrected chi connectivity index (χ4v) is 1.10. The molecule has 1 atom stereocenters. The molecule has 0 aromatic carbocycles. The third kappa shape index (κ3) is 3.32. The van der Waals surface area contributed by atoms with E-state index in [4.69, 9.17) is 10.6 Å². The zero-order chi connectivity index (χ0) is 11.4. The molecule has 0 radical (unpaired) electrons. The zero-order valence-corrected chi connectivity index (χ0v) is 10.6. The lowest BCUT2D eigenvalue weighted by molar-refractivity contribution is 0.162. The summed E-state index contributed by atoms with van der Waals surface area (Å²) in [6.07, 6.45) is 1.69. The van der Waals surface area contributed by atoms with Gasteiger partial charge in [-0.3, -0.25) is 5.43 Å². The Labute approximate surface area is 97.5 Å². The van der Waals surface area contributed by atoms with Gasteiger partial charge in [0.25, 0.3) is 0 Å². The van der Waals surface area contributed by atoms with Gasteiger partial charge in [-0.2, -0.15) is 4.98 Å². The van der Waals surface area contributed by atoms with Crippen molar-refractivity contribution in [2.24, 2.45) is 11.8 Å². The topological polar surface area (TPSA) is 73.1 Å². The molecule has 1 rings (SSSR count). The van der Waals surface area contributed by atoms with Crippen LogP contribution < -0.4 is 16.0 Å². The fourth-order valence-electron chi connectivity index (χ4n) is 0.816. The molecule has 0 saturated heterocycles. The number of rotatable bonds is 4. The summed E-state index contributed by atoms with van der Waals surface area (Å²) in [4.78, 5) is 8.03. The van der Waals surface area contributed by atoms with Crippen molar-refractivity contribution < 1.29 is 4.74 Å². The molecule has 0 saturated carbocycles. The van der Waals surface area contributed by atoms with Crippen molar-refractivity contribution in [1.82, 2.24) is 9.97 Å². The minimum absolute atomic E-state index is 0.0850. The van der Waals surface area contributed by atoms with Crippen molar-refractivity contribution in [1.29, 1.82) is 0 Å². The van der Waals surface area contributed by atoms with E-state index in [1.807, 2.05) is 6.92 Å².